The lowest BCUT2D eigenvalue weighted by Crippen LogP contribution is -2.56. The first-order chi connectivity index (χ1) is 20.3. The molecule has 0 heterocycles. The number of carbonyl (C=O) groups excluding carboxylic acids is 4. The molecule has 2 aromatic carbocycles. The van der Waals surface area contributed by atoms with Crippen molar-refractivity contribution < 1.29 is 33.8 Å². The third-order valence-corrected chi connectivity index (χ3v) is 6.62. The first kappa shape index (κ1) is 36.1. The van der Waals surface area contributed by atoms with Crippen molar-refractivity contribution in [3.8, 4) is 5.75 Å². The van der Waals surface area contributed by atoms with Crippen molar-refractivity contribution in [1.29, 1.82) is 0 Å². The minimum absolute atomic E-state index is 0.0321. The Hall–Kier alpha value is -4.08. The summed E-state index contributed by atoms with van der Waals surface area (Å²) < 4.78 is 11.1. The van der Waals surface area contributed by atoms with Gasteiger partial charge in [-0.25, -0.2) is 9.59 Å². The van der Waals surface area contributed by atoms with Gasteiger partial charge >= 0.3 is 12.1 Å². The molecule has 2 aromatic rings. The molecular weight excluding hydrogens is 562 g/mol. The van der Waals surface area contributed by atoms with Crippen LogP contribution in [0.1, 0.15) is 85.0 Å². The molecule has 2 rings (SSSR count). The number of aromatic hydroxyl groups is 1. The molecule has 0 saturated heterocycles. The van der Waals surface area contributed by atoms with E-state index in [4.69, 9.17) is 9.47 Å². The van der Waals surface area contributed by atoms with Crippen molar-refractivity contribution in [3.05, 3.63) is 65.2 Å². The van der Waals surface area contributed by atoms with E-state index in [-0.39, 0.29) is 24.6 Å². The summed E-state index contributed by atoms with van der Waals surface area (Å²) in [5.41, 5.74) is 0.165. The molecule has 0 radical (unpaired) electrons. The lowest BCUT2D eigenvalue weighted by molar-refractivity contribution is -0.159. The van der Waals surface area contributed by atoms with E-state index in [1.165, 1.54) is 11.0 Å². The number of alkyl carbamates (subject to hydrolysis) is 1. The van der Waals surface area contributed by atoms with Crippen molar-refractivity contribution in [3.63, 3.8) is 0 Å². The summed E-state index contributed by atoms with van der Waals surface area (Å²) in [7, 11) is 0. The predicted octanol–water partition coefficient (Wildman–Crippen LogP) is 5.21. The SMILES string of the molecule is CCN(C(=O)C(NC(=O)OC(C)(C)C)C(C)C)C(C(=O)NC(Cc1ccccc1)C(=O)OC(C)(C)C)c1ccc(O)c(C)c1. The van der Waals surface area contributed by atoms with Crippen LogP contribution in [0.2, 0.25) is 0 Å². The maximum absolute atomic E-state index is 14.2. The van der Waals surface area contributed by atoms with E-state index >= 15 is 0 Å². The van der Waals surface area contributed by atoms with E-state index in [0.29, 0.717) is 11.1 Å². The van der Waals surface area contributed by atoms with E-state index in [1.54, 1.807) is 81.4 Å². The summed E-state index contributed by atoms with van der Waals surface area (Å²) in [5, 5.41) is 15.7. The van der Waals surface area contributed by atoms with Crippen LogP contribution in [0.15, 0.2) is 48.5 Å². The van der Waals surface area contributed by atoms with Crippen molar-refractivity contribution in [2.24, 2.45) is 5.92 Å². The Kier molecular flexibility index (Phi) is 12.4. The number of esters is 1. The molecule has 3 unspecified atom stereocenters. The van der Waals surface area contributed by atoms with E-state index < -0.39 is 53.2 Å². The molecule has 0 aliphatic rings. The highest BCUT2D eigenvalue weighted by molar-refractivity contribution is 5.94. The number of hydrogen-bond donors (Lipinski definition) is 3. The summed E-state index contributed by atoms with van der Waals surface area (Å²) in [6, 6.07) is 10.6. The van der Waals surface area contributed by atoms with E-state index in [9.17, 15) is 24.3 Å². The van der Waals surface area contributed by atoms with Crippen LogP contribution in [0, 0.1) is 12.8 Å². The average molecular weight is 612 g/mol. The van der Waals surface area contributed by atoms with Crippen molar-refractivity contribution in [2.45, 2.75) is 105 Å². The summed E-state index contributed by atoms with van der Waals surface area (Å²) in [4.78, 5) is 55.8. The van der Waals surface area contributed by atoms with Gasteiger partial charge in [0.1, 0.15) is 35.1 Å². The Morgan fingerprint density at radius 3 is 1.98 bits per heavy atom. The highest BCUT2D eigenvalue weighted by Gasteiger charge is 2.38. The number of phenols is 1. The molecule has 0 saturated carbocycles. The van der Waals surface area contributed by atoms with E-state index in [2.05, 4.69) is 10.6 Å². The van der Waals surface area contributed by atoms with Crippen LogP contribution in [0.3, 0.4) is 0 Å². The van der Waals surface area contributed by atoms with Crippen LogP contribution in [0.4, 0.5) is 4.79 Å². The molecular formula is C34H49N3O7. The van der Waals surface area contributed by atoms with Crippen LogP contribution < -0.4 is 10.6 Å². The molecule has 3 N–H and O–H groups in total. The van der Waals surface area contributed by atoms with Gasteiger partial charge in [-0.1, -0.05) is 50.2 Å². The van der Waals surface area contributed by atoms with Crippen LogP contribution in [-0.4, -0.2) is 63.7 Å². The molecule has 0 aromatic heterocycles. The monoisotopic (exact) mass is 611 g/mol. The third kappa shape index (κ3) is 10.9. The molecule has 0 aliphatic carbocycles. The molecule has 3 amide bonds. The Morgan fingerprint density at radius 1 is 0.886 bits per heavy atom. The molecule has 10 heteroatoms. The molecule has 44 heavy (non-hydrogen) atoms. The highest BCUT2D eigenvalue weighted by Crippen LogP contribution is 2.28. The number of aryl methyl sites for hydroxylation is 1. The maximum Gasteiger partial charge on any atom is 0.408 e. The number of phenolic OH excluding ortho intramolecular Hbond substituents is 1. The molecule has 10 nitrogen and oxygen atoms in total. The third-order valence-electron chi connectivity index (χ3n) is 6.62. The first-order valence-corrected chi connectivity index (χ1v) is 15.0. The van der Waals surface area contributed by atoms with Gasteiger partial charge in [-0.3, -0.25) is 9.59 Å². The van der Waals surface area contributed by atoms with Gasteiger partial charge in [0.25, 0.3) is 0 Å². The summed E-state index contributed by atoms with van der Waals surface area (Å²) in [6.07, 6.45) is -0.590. The van der Waals surface area contributed by atoms with Gasteiger partial charge in [0, 0.05) is 13.0 Å². The lowest BCUT2D eigenvalue weighted by Gasteiger charge is -2.35. The average Bonchev–Trinajstić information content (AvgIpc) is 2.89. The Bertz CT molecular complexity index is 1300. The zero-order valence-electron chi connectivity index (χ0n) is 27.7. The number of benzene rings is 2. The number of rotatable bonds is 11. The molecule has 0 spiro atoms. The number of nitrogens with one attached hydrogen (secondary N) is 2. The largest absolute Gasteiger partial charge is 0.508 e. The summed E-state index contributed by atoms with van der Waals surface area (Å²) in [5.74, 6) is -2.05. The van der Waals surface area contributed by atoms with Gasteiger partial charge < -0.3 is 30.1 Å². The quantitative estimate of drug-likeness (QED) is 0.297. The number of nitrogens with zero attached hydrogens (tertiary/aromatic N) is 1. The van der Waals surface area contributed by atoms with Gasteiger partial charge in [0.15, 0.2) is 0 Å². The van der Waals surface area contributed by atoms with E-state index in [0.717, 1.165) is 5.56 Å². The number of likely N-dealkylation sites (N-methyl/N-ethyl adjacent to an activating group) is 1. The van der Waals surface area contributed by atoms with Crippen molar-refractivity contribution in [1.82, 2.24) is 15.5 Å². The number of hydrogen-bond acceptors (Lipinski definition) is 7. The first-order valence-electron chi connectivity index (χ1n) is 15.0. The fourth-order valence-electron chi connectivity index (χ4n) is 4.58. The standard InChI is InChI=1S/C34H49N3O7/c1-11-37(30(40)27(21(2)3)36-32(42)44-34(8,9)10)28(24-17-18-26(38)22(4)19-24)29(39)35-25(31(41)43-33(5,6)7)20-23-15-13-12-14-16-23/h12-19,21,25,27-28,38H,11,20H2,1-10H3,(H,35,39)(H,36,42). The zero-order chi connectivity index (χ0) is 33.4. The van der Waals surface area contributed by atoms with Crippen LogP contribution in [0.5, 0.6) is 5.75 Å². The summed E-state index contributed by atoms with van der Waals surface area (Å²) >= 11 is 0. The smallest absolute Gasteiger partial charge is 0.408 e. The fraction of sp³-hybridized carbons (Fsp3) is 0.529. The second-order valence-electron chi connectivity index (χ2n) is 13.2. The molecule has 0 fully saturated rings. The van der Waals surface area contributed by atoms with Gasteiger partial charge in [-0.2, -0.15) is 0 Å². The minimum atomic E-state index is -1.20. The van der Waals surface area contributed by atoms with Gasteiger partial charge in [0.2, 0.25) is 11.8 Å². The van der Waals surface area contributed by atoms with Crippen LogP contribution in [0.25, 0.3) is 0 Å². The van der Waals surface area contributed by atoms with E-state index in [1.807, 2.05) is 30.3 Å². The molecule has 3 atom stereocenters. The second kappa shape index (κ2) is 15.1. The molecule has 0 aliphatic heterocycles. The van der Waals surface area contributed by atoms with Gasteiger partial charge in [0.05, 0.1) is 0 Å². The second-order valence-corrected chi connectivity index (χ2v) is 13.2. The number of amides is 3. The maximum atomic E-state index is 14.2. The molecule has 242 valence electrons. The van der Waals surface area contributed by atoms with Crippen LogP contribution in [-0.2, 0) is 30.3 Å². The van der Waals surface area contributed by atoms with Crippen molar-refractivity contribution >= 4 is 23.9 Å². The fourth-order valence-corrected chi connectivity index (χ4v) is 4.58. The highest BCUT2D eigenvalue weighted by atomic mass is 16.6. The molecule has 0 bridgehead atoms. The summed E-state index contributed by atoms with van der Waals surface area (Å²) in [6.45, 7) is 17.5. The lowest BCUT2D eigenvalue weighted by atomic mass is 9.97. The van der Waals surface area contributed by atoms with Crippen molar-refractivity contribution in [2.75, 3.05) is 6.54 Å². The Balaban J connectivity index is 2.56. The van der Waals surface area contributed by atoms with Crippen LogP contribution >= 0.6 is 0 Å². The number of ether oxygens (including phenoxy) is 2. The minimum Gasteiger partial charge on any atom is -0.508 e. The van der Waals surface area contributed by atoms with Gasteiger partial charge in [-0.15, -0.1) is 0 Å². The van der Waals surface area contributed by atoms with Gasteiger partial charge in [-0.05, 0) is 90.1 Å². The Morgan fingerprint density at radius 2 is 1.48 bits per heavy atom. The normalized spacial score (nSPS) is 13.8. The predicted molar refractivity (Wildman–Crippen MR) is 169 cm³/mol. The topological polar surface area (TPSA) is 134 Å². The zero-order valence-corrected chi connectivity index (χ0v) is 27.7. The number of carbonyl (C=O) groups is 4. The Labute approximate surface area is 261 Å².